The SMILES string of the molecule is C=C=C(C)C(CC)C(C)C. The van der Waals surface area contributed by atoms with Gasteiger partial charge in [0.05, 0.1) is 0 Å². The summed E-state index contributed by atoms with van der Waals surface area (Å²) in [5.74, 6) is 1.40. The molecule has 10 heavy (non-hydrogen) atoms. The molecule has 0 N–H and O–H groups in total. The molecule has 0 nitrogen and oxygen atoms in total. The minimum Gasteiger partial charge on any atom is -0.130 e. The zero-order valence-electron chi connectivity index (χ0n) is 7.57. The lowest BCUT2D eigenvalue weighted by Gasteiger charge is -2.17. The van der Waals surface area contributed by atoms with Crippen LogP contribution in [0.5, 0.6) is 0 Å². The number of rotatable bonds is 3. The van der Waals surface area contributed by atoms with Crippen molar-refractivity contribution in [1.82, 2.24) is 0 Å². The normalized spacial score (nSPS) is 12.9. The molecule has 0 rings (SSSR count). The van der Waals surface area contributed by atoms with Gasteiger partial charge in [0.15, 0.2) is 0 Å². The van der Waals surface area contributed by atoms with Gasteiger partial charge < -0.3 is 0 Å². The van der Waals surface area contributed by atoms with Gasteiger partial charge in [-0.25, -0.2) is 0 Å². The van der Waals surface area contributed by atoms with E-state index in [0.717, 1.165) is 5.92 Å². The van der Waals surface area contributed by atoms with Gasteiger partial charge in [0, 0.05) is 0 Å². The van der Waals surface area contributed by atoms with E-state index < -0.39 is 0 Å². The lowest BCUT2D eigenvalue weighted by Crippen LogP contribution is -2.07. The quantitative estimate of drug-likeness (QED) is 0.524. The van der Waals surface area contributed by atoms with Crippen LogP contribution in [0.25, 0.3) is 0 Å². The molecule has 0 saturated heterocycles. The Morgan fingerprint density at radius 1 is 1.50 bits per heavy atom. The lowest BCUT2D eigenvalue weighted by molar-refractivity contribution is 0.431. The molecular formula is C10H18. The molecule has 0 amide bonds. The van der Waals surface area contributed by atoms with Gasteiger partial charge in [-0.15, -0.1) is 5.73 Å². The fraction of sp³-hybridized carbons (Fsp3) is 0.700. The molecule has 0 spiro atoms. The molecule has 1 atom stereocenters. The summed E-state index contributed by atoms with van der Waals surface area (Å²) >= 11 is 0. The highest BCUT2D eigenvalue weighted by Crippen LogP contribution is 2.21. The van der Waals surface area contributed by atoms with E-state index in [2.05, 4.69) is 40.0 Å². The van der Waals surface area contributed by atoms with Crippen LogP contribution in [-0.4, -0.2) is 0 Å². The first-order chi connectivity index (χ1) is 4.63. The van der Waals surface area contributed by atoms with E-state index in [1.165, 1.54) is 12.0 Å². The summed E-state index contributed by atoms with van der Waals surface area (Å²) in [5.41, 5.74) is 4.27. The highest BCUT2D eigenvalue weighted by Gasteiger charge is 2.11. The van der Waals surface area contributed by atoms with Gasteiger partial charge in [0.25, 0.3) is 0 Å². The average molecular weight is 138 g/mol. The third-order valence-electron chi connectivity index (χ3n) is 2.08. The van der Waals surface area contributed by atoms with E-state index in [0.29, 0.717) is 5.92 Å². The largest absolute Gasteiger partial charge is 0.130 e. The molecule has 0 heteroatoms. The fourth-order valence-electron chi connectivity index (χ4n) is 1.41. The van der Waals surface area contributed by atoms with Gasteiger partial charge in [-0.05, 0) is 30.8 Å². The summed E-state index contributed by atoms with van der Waals surface area (Å²) in [7, 11) is 0. The van der Waals surface area contributed by atoms with Crippen molar-refractivity contribution >= 4 is 0 Å². The van der Waals surface area contributed by atoms with Crippen molar-refractivity contribution in [2.45, 2.75) is 34.1 Å². The molecular weight excluding hydrogens is 120 g/mol. The zero-order chi connectivity index (χ0) is 8.15. The van der Waals surface area contributed by atoms with Crippen LogP contribution in [-0.2, 0) is 0 Å². The number of allylic oxidation sites excluding steroid dienone is 1. The van der Waals surface area contributed by atoms with Crippen LogP contribution in [0.15, 0.2) is 17.9 Å². The second-order valence-electron chi connectivity index (χ2n) is 3.12. The summed E-state index contributed by atoms with van der Waals surface area (Å²) in [6, 6.07) is 0. The van der Waals surface area contributed by atoms with Gasteiger partial charge in [0.2, 0.25) is 0 Å². The minimum atomic E-state index is 0.678. The predicted octanol–water partition coefficient (Wildman–Crippen LogP) is 3.40. The van der Waals surface area contributed by atoms with Crippen LogP contribution < -0.4 is 0 Å². The van der Waals surface area contributed by atoms with Gasteiger partial charge >= 0.3 is 0 Å². The second kappa shape index (κ2) is 4.35. The Bertz CT molecular complexity index is 136. The van der Waals surface area contributed by atoms with E-state index in [1.54, 1.807) is 0 Å². The average Bonchev–Trinajstić information content (AvgIpc) is 1.88. The highest BCUT2D eigenvalue weighted by atomic mass is 14.2. The van der Waals surface area contributed by atoms with Crippen molar-refractivity contribution in [3.8, 4) is 0 Å². The Kier molecular flexibility index (Phi) is 4.14. The van der Waals surface area contributed by atoms with E-state index >= 15 is 0 Å². The molecule has 0 fully saturated rings. The summed E-state index contributed by atoms with van der Waals surface area (Å²) < 4.78 is 0. The molecule has 0 aromatic rings. The van der Waals surface area contributed by atoms with Crippen LogP contribution in [0.2, 0.25) is 0 Å². The molecule has 0 heterocycles. The highest BCUT2D eigenvalue weighted by molar-refractivity contribution is 5.01. The van der Waals surface area contributed by atoms with E-state index in [-0.39, 0.29) is 0 Å². The molecule has 0 bridgehead atoms. The Hall–Kier alpha value is -0.480. The fourth-order valence-corrected chi connectivity index (χ4v) is 1.41. The molecule has 58 valence electrons. The van der Waals surface area contributed by atoms with Crippen LogP contribution in [0, 0.1) is 11.8 Å². The van der Waals surface area contributed by atoms with Crippen LogP contribution >= 0.6 is 0 Å². The topological polar surface area (TPSA) is 0 Å². The zero-order valence-corrected chi connectivity index (χ0v) is 7.57. The smallest absolute Gasteiger partial charge is 0.0110 e. The van der Waals surface area contributed by atoms with E-state index in [9.17, 15) is 0 Å². The first kappa shape index (κ1) is 9.52. The Balaban J connectivity index is 4.21. The van der Waals surface area contributed by atoms with Gasteiger partial charge in [0.1, 0.15) is 0 Å². The van der Waals surface area contributed by atoms with Crippen LogP contribution in [0.1, 0.15) is 34.1 Å². The Morgan fingerprint density at radius 3 is 2.10 bits per heavy atom. The summed E-state index contributed by atoms with van der Waals surface area (Å²) in [5, 5.41) is 0. The lowest BCUT2D eigenvalue weighted by atomic mass is 9.87. The maximum Gasteiger partial charge on any atom is -0.0110 e. The molecule has 0 aliphatic heterocycles. The standard InChI is InChI=1S/C10H18/c1-6-9(5)10(7-2)8(3)4/h8,10H,1,7H2,2-5H3. The summed E-state index contributed by atoms with van der Waals surface area (Å²) in [4.78, 5) is 0. The molecule has 0 aromatic carbocycles. The third-order valence-corrected chi connectivity index (χ3v) is 2.08. The third kappa shape index (κ3) is 2.41. The first-order valence-electron chi connectivity index (χ1n) is 4.00. The van der Waals surface area contributed by atoms with Crippen molar-refractivity contribution in [3.05, 3.63) is 17.9 Å². The molecule has 0 saturated carbocycles. The van der Waals surface area contributed by atoms with Crippen molar-refractivity contribution in [2.24, 2.45) is 11.8 Å². The van der Waals surface area contributed by atoms with Crippen molar-refractivity contribution in [3.63, 3.8) is 0 Å². The molecule has 0 radical (unpaired) electrons. The Morgan fingerprint density at radius 2 is 2.00 bits per heavy atom. The molecule has 0 aliphatic carbocycles. The van der Waals surface area contributed by atoms with E-state index in [4.69, 9.17) is 0 Å². The van der Waals surface area contributed by atoms with Gasteiger partial charge in [-0.3, -0.25) is 0 Å². The van der Waals surface area contributed by atoms with Gasteiger partial charge in [-0.2, -0.15) is 0 Å². The van der Waals surface area contributed by atoms with E-state index in [1.807, 2.05) is 0 Å². The molecule has 0 aliphatic rings. The summed E-state index contributed by atoms with van der Waals surface area (Å²) in [6.07, 6.45) is 1.20. The maximum atomic E-state index is 3.65. The van der Waals surface area contributed by atoms with Crippen LogP contribution in [0.3, 0.4) is 0 Å². The number of hydrogen-bond donors (Lipinski definition) is 0. The summed E-state index contributed by atoms with van der Waals surface area (Å²) in [6.45, 7) is 12.5. The predicted molar refractivity (Wildman–Crippen MR) is 46.9 cm³/mol. The monoisotopic (exact) mass is 138 g/mol. The van der Waals surface area contributed by atoms with Crippen molar-refractivity contribution < 1.29 is 0 Å². The Labute approximate surface area is 64.6 Å². The molecule has 0 aromatic heterocycles. The second-order valence-corrected chi connectivity index (χ2v) is 3.12. The van der Waals surface area contributed by atoms with Crippen molar-refractivity contribution in [2.75, 3.05) is 0 Å². The van der Waals surface area contributed by atoms with Crippen LogP contribution in [0.4, 0.5) is 0 Å². The molecule has 1 unspecified atom stereocenters. The van der Waals surface area contributed by atoms with Gasteiger partial charge in [-0.1, -0.05) is 27.4 Å². The minimum absolute atomic E-state index is 0.678. The van der Waals surface area contributed by atoms with Crippen molar-refractivity contribution in [1.29, 1.82) is 0 Å². The first-order valence-corrected chi connectivity index (χ1v) is 4.00. The maximum absolute atomic E-state index is 3.65. The number of hydrogen-bond acceptors (Lipinski definition) is 0.